The molecule has 1 rings (SSSR count). The van der Waals surface area contributed by atoms with E-state index in [2.05, 4.69) is 15.6 Å². The van der Waals surface area contributed by atoms with E-state index in [1.807, 2.05) is 6.92 Å². The molecule has 1 unspecified atom stereocenters. The van der Waals surface area contributed by atoms with Crippen molar-refractivity contribution in [1.82, 2.24) is 15.6 Å². The van der Waals surface area contributed by atoms with Crippen LogP contribution >= 0.6 is 11.3 Å². The monoisotopic (exact) mass is 229 g/mol. The van der Waals surface area contributed by atoms with E-state index in [1.165, 1.54) is 0 Å². The van der Waals surface area contributed by atoms with Crippen LogP contribution in [-0.4, -0.2) is 28.8 Å². The largest absolute Gasteiger partial charge is 0.394 e. The van der Waals surface area contributed by atoms with Gasteiger partial charge in [-0.2, -0.15) is 0 Å². The van der Waals surface area contributed by atoms with Crippen molar-refractivity contribution < 1.29 is 9.90 Å². The van der Waals surface area contributed by atoms with E-state index < -0.39 is 0 Å². The molecule has 0 aliphatic heterocycles. The summed E-state index contributed by atoms with van der Waals surface area (Å²) in [7, 11) is 0. The first-order valence-electron chi connectivity index (χ1n) is 4.68. The number of hydrogen-bond acceptors (Lipinski definition) is 4. The Bertz CT molecular complexity index is 327. The second-order valence-electron chi connectivity index (χ2n) is 3.28. The zero-order valence-corrected chi connectivity index (χ0v) is 9.60. The van der Waals surface area contributed by atoms with Gasteiger partial charge in [0.25, 0.3) is 0 Å². The van der Waals surface area contributed by atoms with E-state index in [4.69, 9.17) is 5.11 Å². The lowest BCUT2D eigenvalue weighted by atomic mass is 10.4. The molecule has 0 bridgehead atoms. The van der Waals surface area contributed by atoms with Gasteiger partial charge < -0.3 is 15.7 Å². The van der Waals surface area contributed by atoms with Crippen LogP contribution < -0.4 is 10.6 Å². The predicted octanol–water partition coefficient (Wildman–Crippen LogP) is 0.632. The Morgan fingerprint density at radius 2 is 2.47 bits per heavy atom. The molecule has 6 heteroatoms. The van der Waals surface area contributed by atoms with Crippen LogP contribution in [0.15, 0.2) is 6.20 Å². The molecule has 0 saturated carbocycles. The highest BCUT2D eigenvalue weighted by molar-refractivity contribution is 7.11. The maximum absolute atomic E-state index is 11.2. The number of carbonyl (C=O) groups excluding carboxylic acids is 1. The summed E-state index contributed by atoms with van der Waals surface area (Å²) < 4.78 is 0. The van der Waals surface area contributed by atoms with Gasteiger partial charge in [-0.3, -0.25) is 0 Å². The fourth-order valence-electron chi connectivity index (χ4n) is 0.960. The van der Waals surface area contributed by atoms with Crippen LogP contribution in [0.2, 0.25) is 0 Å². The van der Waals surface area contributed by atoms with Crippen molar-refractivity contribution in [2.75, 3.05) is 6.61 Å². The second kappa shape index (κ2) is 5.67. The Hall–Kier alpha value is -1.14. The lowest BCUT2D eigenvalue weighted by Crippen LogP contribution is -2.41. The molecule has 0 radical (unpaired) electrons. The summed E-state index contributed by atoms with van der Waals surface area (Å²) in [6, 6.07) is -0.521. The van der Waals surface area contributed by atoms with E-state index in [0.717, 1.165) is 9.88 Å². The Balaban J connectivity index is 2.28. The van der Waals surface area contributed by atoms with Crippen molar-refractivity contribution in [3.63, 3.8) is 0 Å². The third-order valence-electron chi connectivity index (χ3n) is 1.72. The van der Waals surface area contributed by atoms with Gasteiger partial charge in [-0.05, 0) is 13.8 Å². The fourth-order valence-corrected chi connectivity index (χ4v) is 1.69. The lowest BCUT2D eigenvalue weighted by molar-refractivity contribution is 0.220. The molecule has 1 aromatic heterocycles. The minimum absolute atomic E-state index is 0.0657. The van der Waals surface area contributed by atoms with Crippen molar-refractivity contribution in [1.29, 1.82) is 0 Å². The molecule has 84 valence electrons. The van der Waals surface area contributed by atoms with Crippen LogP contribution in [0.25, 0.3) is 0 Å². The Labute approximate surface area is 92.5 Å². The summed E-state index contributed by atoms with van der Waals surface area (Å²) in [6.07, 6.45) is 1.77. The molecule has 15 heavy (non-hydrogen) atoms. The van der Waals surface area contributed by atoms with Crippen molar-refractivity contribution >= 4 is 17.4 Å². The number of rotatable bonds is 4. The molecular weight excluding hydrogens is 214 g/mol. The number of aromatic nitrogens is 1. The topological polar surface area (TPSA) is 74.2 Å². The smallest absolute Gasteiger partial charge is 0.315 e. The van der Waals surface area contributed by atoms with E-state index in [1.54, 1.807) is 24.5 Å². The van der Waals surface area contributed by atoms with E-state index in [-0.39, 0.29) is 18.7 Å². The van der Waals surface area contributed by atoms with Crippen LogP contribution in [-0.2, 0) is 6.54 Å². The number of amides is 2. The van der Waals surface area contributed by atoms with Crippen molar-refractivity contribution in [2.24, 2.45) is 0 Å². The first kappa shape index (κ1) is 11.9. The molecule has 1 heterocycles. The molecule has 0 fully saturated rings. The van der Waals surface area contributed by atoms with Crippen LogP contribution in [0, 0.1) is 6.92 Å². The highest BCUT2D eigenvalue weighted by atomic mass is 32.1. The van der Waals surface area contributed by atoms with Gasteiger partial charge in [0, 0.05) is 11.1 Å². The molecule has 2 amide bonds. The number of carbonyl (C=O) groups is 1. The Kier molecular flexibility index (Phi) is 4.51. The molecule has 1 atom stereocenters. The Morgan fingerprint density at radius 3 is 3.00 bits per heavy atom. The first-order valence-corrected chi connectivity index (χ1v) is 5.50. The predicted molar refractivity (Wildman–Crippen MR) is 58.8 cm³/mol. The molecule has 1 aromatic rings. The van der Waals surface area contributed by atoms with Crippen molar-refractivity contribution in [3.05, 3.63) is 16.1 Å². The summed E-state index contributed by atoms with van der Waals surface area (Å²) in [4.78, 5) is 16.5. The number of nitrogens with zero attached hydrogens (tertiary/aromatic N) is 1. The summed E-state index contributed by atoms with van der Waals surface area (Å²) in [5.41, 5.74) is 0. The summed E-state index contributed by atoms with van der Waals surface area (Å²) in [6.45, 7) is 4.05. The van der Waals surface area contributed by atoms with Gasteiger partial charge in [0.05, 0.1) is 19.2 Å². The molecule has 0 aliphatic rings. The molecule has 0 aromatic carbocycles. The maximum atomic E-state index is 11.2. The number of hydrogen-bond donors (Lipinski definition) is 3. The maximum Gasteiger partial charge on any atom is 0.315 e. The van der Waals surface area contributed by atoms with Gasteiger partial charge in [-0.1, -0.05) is 0 Å². The summed E-state index contributed by atoms with van der Waals surface area (Å²) in [5, 5.41) is 14.8. The third-order valence-corrected chi connectivity index (χ3v) is 2.63. The number of thiazole rings is 1. The third kappa shape index (κ3) is 4.26. The average Bonchev–Trinajstić information content (AvgIpc) is 2.61. The van der Waals surface area contributed by atoms with E-state index in [0.29, 0.717) is 6.54 Å². The van der Waals surface area contributed by atoms with E-state index in [9.17, 15) is 4.79 Å². The molecule has 5 nitrogen and oxygen atoms in total. The van der Waals surface area contributed by atoms with Crippen LogP contribution in [0.3, 0.4) is 0 Å². The normalized spacial score (nSPS) is 12.2. The van der Waals surface area contributed by atoms with Gasteiger partial charge in [-0.15, -0.1) is 11.3 Å². The van der Waals surface area contributed by atoms with Crippen molar-refractivity contribution in [3.8, 4) is 0 Å². The number of nitrogens with one attached hydrogen (secondary N) is 2. The zero-order valence-electron chi connectivity index (χ0n) is 8.78. The number of aliphatic hydroxyl groups is 1. The minimum atomic E-state index is -0.288. The second-order valence-corrected chi connectivity index (χ2v) is 4.59. The molecule has 3 N–H and O–H groups in total. The standard InChI is InChI=1S/C9H15N3O2S/c1-6(5-13)12-9(14)11-4-8-10-3-7(2)15-8/h3,6,13H,4-5H2,1-2H3,(H2,11,12,14). The summed E-state index contributed by atoms with van der Waals surface area (Å²) in [5.74, 6) is 0. The first-order chi connectivity index (χ1) is 7.11. The minimum Gasteiger partial charge on any atom is -0.394 e. The van der Waals surface area contributed by atoms with Gasteiger partial charge in [-0.25, -0.2) is 9.78 Å². The highest BCUT2D eigenvalue weighted by Gasteiger charge is 2.06. The molecule has 0 saturated heterocycles. The quantitative estimate of drug-likeness (QED) is 0.709. The number of aryl methyl sites for hydroxylation is 1. The zero-order chi connectivity index (χ0) is 11.3. The van der Waals surface area contributed by atoms with Crippen LogP contribution in [0.5, 0.6) is 0 Å². The molecular formula is C9H15N3O2S. The molecule has 0 spiro atoms. The number of aliphatic hydroxyl groups excluding tert-OH is 1. The van der Waals surface area contributed by atoms with Crippen LogP contribution in [0.4, 0.5) is 4.79 Å². The fraction of sp³-hybridized carbons (Fsp3) is 0.556. The molecule has 0 aliphatic carbocycles. The Morgan fingerprint density at radius 1 is 1.73 bits per heavy atom. The van der Waals surface area contributed by atoms with E-state index >= 15 is 0 Å². The van der Waals surface area contributed by atoms with Crippen molar-refractivity contribution in [2.45, 2.75) is 26.4 Å². The lowest BCUT2D eigenvalue weighted by Gasteiger charge is -2.10. The van der Waals surface area contributed by atoms with Gasteiger partial charge >= 0.3 is 6.03 Å². The van der Waals surface area contributed by atoms with Gasteiger partial charge in [0.1, 0.15) is 5.01 Å². The summed E-state index contributed by atoms with van der Waals surface area (Å²) >= 11 is 1.55. The van der Waals surface area contributed by atoms with Crippen LogP contribution in [0.1, 0.15) is 16.8 Å². The number of urea groups is 1. The highest BCUT2D eigenvalue weighted by Crippen LogP contribution is 2.10. The SMILES string of the molecule is Cc1cnc(CNC(=O)NC(C)CO)s1. The van der Waals surface area contributed by atoms with Gasteiger partial charge in [0.15, 0.2) is 0 Å². The average molecular weight is 229 g/mol. The van der Waals surface area contributed by atoms with Gasteiger partial charge in [0.2, 0.25) is 0 Å².